The monoisotopic (exact) mass is 646 g/mol. The number of para-hydroxylation sites is 1. The minimum atomic E-state index is -2.11. The van der Waals surface area contributed by atoms with E-state index < -0.39 is 35.1 Å². The van der Waals surface area contributed by atoms with Crippen LogP contribution in [0.25, 0.3) is 21.7 Å². The molecule has 0 aliphatic carbocycles. The number of primary amides is 1. The van der Waals surface area contributed by atoms with Crippen LogP contribution in [0.3, 0.4) is 0 Å². The number of carboxylic acid groups (broad SMARTS) is 1. The van der Waals surface area contributed by atoms with Crippen LogP contribution >= 0.6 is 0 Å². The van der Waals surface area contributed by atoms with Gasteiger partial charge in [-0.3, -0.25) is 19.2 Å². The highest BCUT2D eigenvalue weighted by atomic mass is 16.4. The number of nitrogens with zero attached hydrogens (tertiary/aromatic N) is 1. The molecule has 2 amide bonds. The maximum Gasteiger partial charge on any atom is 0.303 e. The predicted octanol–water partition coefficient (Wildman–Crippen LogP) is 5.77. The summed E-state index contributed by atoms with van der Waals surface area (Å²) in [4.78, 5) is 58.7. The van der Waals surface area contributed by atoms with Crippen LogP contribution in [0, 0.1) is 0 Å². The van der Waals surface area contributed by atoms with E-state index >= 15 is 0 Å². The number of carbonyl (C=O) groups excluding carboxylic acids is 3. The van der Waals surface area contributed by atoms with Crippen molar-refractivity contribution in [3.8, 4) is 0 Å². The number of carboxylic acids is 1. The molecular weight excluding hydrogens is 604 g/mol. The average molecular weight is 647 g/mol. The van der Waals surface area contributed by atoms with Crippen molar-refractivity contribution in [1.82, 2.24) is 9.88 Å². The summed E-state index contributed by atoms with van der Waals surface area (Å²) in [7, 11) is 0. The van der Waals surface area contributed by atoms with Crippen LogP contribution in [0.5, 0.6) is 0 Å². The molecule has 0 fully saturated rings. The van der Waals surface area contributed by atoms with Crippen molar-refractivity contribution in [3.05, 3.63) is 119 Å². The zero-order valence-electron chi connectivity index (χ0n) is 27.2. The second kappa shape index (κ2) is 15.1. The van der Waals surface area contributed by atoms with Crippen LogP contribution in [-0.4, -0.2) is 56.7 Å². The number of nitrogens with two attached hydrogens (primary N) is 2. The minimum absolute atomic E-state index is 0.00477. The van der Waals surface area contributed by atoms with Gasteiger partial charge in [-0.2, -0.15) is 0 Å². The molecule has 1 aromatic heterocycles. The van der Waals surface area contributed by atoms with Gasteiger partial charge >= 0.3 is 5.97 Å². The number of aromatic amines is 1. The van der Waals surface area contributed by atoms with Crippen molar-refractivity contribution in [3.63, 3.8) is 0 Å². The summed E-state index contributed by atoms with van der Waals surface area (Å²) in [6.07, 6.45) is 0.645. The fourth-order valence-corrected chi connectivity index (χ4v) is 6.56. The molecule has 5 aromatic rings. The molecule has 48 heavy (non-hydrogen) atoms. The van der Waals surface area contributed by atoms with Crippen LogP contribution in [0.4, 0.5) is 0 Å². The van der Waals surface area contributed by atoms with Gasteiger partial charge in [-0.05, 0) is 53.6 Å². The van der Waals surface area contributed by atoms with Crippen molar-refractivity contribution in [2.75, 3.05) is 6.54 Å². The largest absolute Gasteiger partial charge is 0.481 e. The summed E-state index contributed by atoms with van der Waals surface area (Å²) in [6.45, 7) is 2.12. The number of H-pyrrole nitrogens is 1. The number of aliphatic carboxylic acids is 1. The Balaban J connectivity index is 1.58. The molecule has 5 rings (SSSR count). The Bertz CT molecular complexity index is 1940. The number of Topliss-reactive ketones (excluding diaryl/α,β-unsaturated/α-hetero) is 1. The van der Waals surface area contributed by atoms with Gasteiger partial charge in [0.05, 0.1) is 0 Å². The number of amides is 2. The number of nitrogens with one attached hydrogen (secondary N) is 1. The molecule has 0 aliphatic heterocycles. The maximum absolute atomic E-state index is 14.9. The van der Waals surface area contributed by atoms with E-state index in [1.54, 1.807) is 0 Å². The van der Waals surface area contributed by atoms with E-state index in [-0.39, 0.29) is 32.2 Å². The van der Waals surface area contributed by atoms with E-state index in [1.165, 1.54) is 4.90 Å². The minimum Gasteiger partial charge on any atom is -0.481 e. The first-order chi connectivity index (χ1) is 23.1. The average Bonchev–Trinajstić information content (AvgIpc) is 3.43. The van der Waals surface area contributed by atoms with E-state index in [0.29, 0.717) is 35.9 Å². The lowest BCUT2D eigenvalue weighted by Crippen LogP contribution is -2.63. The van der Waals surface area contributed by atoms with Crippen molar-refractivity contribution in [2.45, 2.75) is 63.5 Å². The number of hydrogen-bond acceptors (Lipinski definition) is 5. The summed E-state index contributed by atoms with van der Waals surface area (Å²) < 4.78 is 0. The highest BCUT2D eigenvalue weighted by Gasteiger charge is 2.47. The zero-order valence-corrected chi connectivity index (χ0v) is 27.2. The van der Waals surface area contributed by atoms with E-state index in [9.17, 15) is 24.3 Å². The Kier molecular flexibility index (Phi) is 10.7. The molecule has 0 spiro atoms. The second-order valence-corrected chi connectivity index (χ2v) is 12.4. The lowest BCUT2D eigenvalue weighted by atomic mass is 9.81. The molecule has 0 saturated heterocycles. The molecule has 0 aliphatic rings. The first kappa shape index (κ1) is 34.1. The molecule has 2 atom stereocenters. The first-order valence-electron chi connectivity index (χ1n) is 16.4. The summed E-state index contributed by atoms with van der Waals surface area (Å²) >= 11 is 0. The predicted molar refractivity (Wildman–Crippen MR) is 188 cm³/mol. The number of carbonyl (C=O) groups is 4. The molecule has 0 saturated carbocycles. The Morgan fingerprint density at radius 3 is 2.27 bits per heavy atom. The van der Waals surface area contributed by atoms with Gasteiger partial charge in [0.25, 0.3) is 5.91 Å². The van der Waals surface area contributed by atoms with E-state index in [4.69, 9.17) is 11.5 Å². The van der Waals surface area contributed by atoms with Gasteiger partial charge in [0.1, 0.15) is 0 Å². The maximum atomic E-state index is 14.9. The Hall–Kier alpha value is -5.28. The Labute approximate surface area is 279 Å². The van der Waals surface area contributed by atoms with Gasteiger partial charge in [-0.25, -0.2) is 0 Å². The lowest BCUT2D eigenvalue weighted by Gasteiger charge is -2.38. The number of rotatable bonds is 16. The molecule has 1 heterocycles. The number of hydrogen-bond donors (Lipinski definition) is 4. The number of fused-ring (bicyclic) bond motifs is 2. The molecule has 0 unspecified atom stereocenters. The summed E-state index contributed by atoms with van der Waals surface area (Å²) in [5.41, 5.74) is 14.1. The van der Waals surface area contributed by atoms with Crippen molar-refractivity contribution in [1.29, 1.82) is 0 Å². The van der Waals surface area contributed by atoms with Crippen LogP contribution in [0.15, 0.2) is 97.1 Å². The van der Waals surface area contributed by atoms with Crippen LogP contribution in [-0.2, 0) is 27.2 Å². The van der Waals surface area contributed by atoms with Gasteiger partial charge < -0.3 is 26.5 Å². The van der Waals surface area contributed by atoms with Crippen LogP contribution < -0.4 is 11.5 Å². The third-order valence-electron chi connectivity index (χ3n) is 8.87. The Morgan fingerprint density at radius 2 is 1.56 bits per heavy atom. The number of ketones is 1. The molecule has 9 nitrogen and oxygen atoms in total. The SMILES string of the molecule is CCCN(C(=O)[C@](N)(CCCC(=O)O)C(=O)c1c(Cc2ccccc2)[nH]c2ccccc12)[C@H](CC(N)=O)Cc1ccc2ccccc2c1. The number of benzene rings is 4. The van der Waals surface area contributed by atoms with Crippen molar-refractivity contribution in [2.24, 2.45) is 11.5 Å². The summed E-state index contributed by atoms with van der Waals surface area (Å²) in [6, 6.07) is 30.2. The van der Waals surface area contributed by atoms with Gasteiger partial charge in [-0.1, -0.05) is 97.9 Å². The van der Waals surface area contributed by atoms with Crippen molar-refractivity contribution < 1.29 is 24.3 Å². The van der Waals surface area contributed by atoms with Gasteiger partial charge in [-0.15, -0.1) is 0 Å². The fourth-order valence-electron chi connectivity index (χ4n) is 6.56. The summed E-state index contributed by atoms with van der Waals surface area (Å²) in [5, 5.41) is 12.2. The molecule has 9 heteroatoms. The number of aromatic nitrogens is 1. The summed E-state index contributed by atoms with van der Waals surface area (Å²) in [5.74, 6) is -2.88. The van der Waals surface area contributed by atoms with Gasteiger partial charge in [0.2, 0.25) is 5.91 Å². The third-order valence-corrected chi connectivity index (χ3v) is 8.87. The molecular formula is C39H42N4O5. The van der Waals surface area contributed by atoms with Crippen molar-refractivity contribution >= 4 is 45.2 Å². The zero-order chi connectivity index (χ0) is 34.3. The van der Waals surface area contributed by atoms with E-state index in [0.717, 1.165) is 27.4 Å². The normalized spacial score (nSPS) is 13.2. The quantitative estimate of drug-likeness (QED) is 0.0786. The molecule has 0 radical (unpaired) electrons. The molecule has 248 valence electrons. The molecule has 4 aromatic carbocycles. The van der Waals surface area contributed by atoms with Gasteiger partial charge in [0.15, 0.2) is 11.3 Å². The first-order valence-corrected chi connectivity index (χ1v) is 16.4. The molecule has 6 N–H and O–H groups in total. The smallest absolute Gasteiger partial charge is 0.303 e. The van der Waals surface area contributed by atoms with Crippen LogP contribution in [0.2, 0.25) is 0 Å². The topological polar surface area (TPSA) is 160 Å². The van der Waals surface area contributed by atoms with E-state index in [2.05, 4.69) is 4.98 Å². The highest BCUT2D eigenvalue weighted by molar-refractivity contribution is 6.23. The van der Waals surface area contributed by atoms with Gasteiger partial charge in [0, 0.05) is 54.0 Å². The molecule has 0 bridgehead atoms. The standard InChI is InChI=1S/C39H42N4O5/c1-2-21-43(30(25-34(40)44)23-27-18-19-28-13-6-7-14-29(28)22-27)38(48)39(41,20-10-17-35(45)46)37(47)36-31-15-8-9-16-32(31)42-33(36)24-26-11-4-3-5-12-26/h3-9,11-16,18-19,22,30,42H,2,10,17,20-21,23-25,41H2,1H3,(H2,40,44)(H,45,46)/t30-,39-/m0/s1. The lowest BCUT2D eigenvalue weighted by molar-refractivity contribution is -0.140. The fraction of sp³-hybridized carbons (Fsp3) is 0.282. The van der Waals surface area contributed by atoms with Crippen LogP contribution in [0.1, 0.15) is 66.2 Å². The Morgan fingerprint density at radius 1 is 0.875 bits per heavy atom. The highest BCUT2D eigenvalue weighted by Crippen LogP contribution is 2.32. The second-order valence-electron chi connectivity index (χ2n) is 12.4. The third kappa shape index (κ3) is 7.64. The van der Waals surface area contributed by atoms with E-state index in [1.807, 2.05) is 104 Å².